The highest BCUT2D eigenvalue weighted by Gasteiger charge is 2.36. The molecule has 26 heavy (non-hydrogen) atoms. The lowest BCUT2D eigenvalue weighted by Crippen LogP contribution is -2.45. The summed E-state index contributed by atoms with van der Waals surface area (Å²) in [6.07, 6.45) is 3.29. The molecular formula is C18H27N3O4S. The maximum Gasteiger partial charge on any atom is 0.255 e. The van der Waals surface area contributed by atoms with Crippen LogP contribution in [0.25, 0.3) is 0 Å². The molecule has 1 aromatic rings. The van der Waals surface area contributed by atoms with Gasteiger partial charge in [0.05, 0.1) is 23.7 Å². The summed E-state index contributed by atoms with van der Waals surface area (Å²) in [5.41, 5.74) is 5.93. The molecule has 2 fully saturated rings. The minimum absolute atomic E-state index is 0.0923. The number of ether oxygens (including phenoxy) is 1. The molecule has 1 atom stereocenters. The fraction of sp³-hybridized carbons (Fsp3) is 0.611. The van der Waals surface area contributed by atoms with E-state index in [1.165, 1.54) is 6.07 Å². The molecule has 7 nitrogen and oxygen atoms in total. The molecule has 144 valence electrons. The maximum absolute atomic E-state index is 13.4. The molecule has 1 amide bonds. The third kappa shape index (κ3) is 3.93. The van der Waals surface area contributed by atoms with Gasteiger partial charge in [-0.25, -0.2) is 8.42 Å². The third-order valence-corrected chi connectivity index (χ3v) is 7.09. The van der Waals surface area contributed by atoms with Crippen LogP contribution in [0.5, 0.6) is 0 Å². The molecule has 0 saturated carbocycles. The van der Waals surface area contributed by atoms with Crippen molar-refractivity contribution in [2.75, 3.05) is 39.4 Å². The Hall–Kier alpha value is -1.48. The van der Waals surface area contributed by atoms with Gasteiger partial charge in [0.1, 0.15) is 0 Å². The smallest absolute Gasteiger partial charge is 0.255 e. The van der Waals surface area contributed by atoms with E-state index in [9.17, 15) is 13.2 Å². The van der Waals surface area contributed by atoms with Crippen LogP contribution >= 0.6 is 0 Å². The molecule has 0 aromatic heterocycles. The van der Waals surface area contributed by atoms with Crippen molar-refractivity contribution in [3.63, 3.8) is 0 Å². The van der Waals surface area contributed by atoms with Crippen LogP contribution in [0.4, 0.5) is 0 Å². The number of benzene rings is 1. The van der Waals surface area contributed by atoms with Crippen molar-refractivity contribution in [3.05, 3.63) is 29.8 Å². The zero-order chi connectivity index (χ0) is 18.6. The summed E-state index contributed by atoms with van der Waals surface area (Å²) in [6, 6.07) is 6.43. The van der Waals surface area contributed by atoms with E-state index in [4.69, 9.17) is 10.5 Å². The van der Waals surface area contributed by atoms with Crippen molar-refractivity contribution >= 4 is 15.9 Å². The van der Waals surface area contributed by atoms with Gasteiger partial charge in [-0.2, -0.15) is 4.31 Å². The van der Waals surface area contributed by atoms with Gasteiger partial charge in [0.15, 0.2) is 0 Å². The van der Waals surface area contributed by atoms with E-state index >= 15 is 0 Å². The van der Waals surface area contributed by atoms with Gasteiger partial charge in [-0.15, -0.1) is 0 Å². The zero-order valence-corrected chi connectivity index (χ0v) is 15.8. The lowest BCUT2D eigenvalue weighted by molar-refractivity contribution is 0.0300. The highest BCUT2D eigenvalue weighted by atomic mass is 32.2. The van der Waals surface area contributed by atoms with E-state index in [0.29, 0.717) is 45.8 Å². The highest BCUT2D eigenvalue weighted by Crippen LogP contribution is 2.29. The van der Waals surface area contributed by atoms with Crippen LogP contribution in [0.3, 0.4) is 0 Å². The van der Waals surface area contributed by atoms with Gasteiger partial charge in [0, 0.05) is 25.7 Å². The minimum Gasteiger partial charge on any atom is -0.378 e. The summed E-state index contributed by atoms with van der Waals surface area (Å²) in [7, 11) is -3.75. The van der Waals surface area contributed by atoms with Gasteiger partial charge in [0.25, 0.3) is 5.91 Å². The van der Waals surface area contributed by atoms with Crippen LogP contribution in [0.15, 0.2) is 29.2 Å². The fourth-order valence-electron chi connectivity index (χ4n) is 3.70. The van der Waals surface area contributed by atoms with Crippen molar-refractivity contribution in [2.24, 2.45) is 5.73 Å². The maximum atomic E-state index is 13.4. The number of rotatable bonds is 5. The van der Waals surface area contributed by atoms with Gasteiger partial charge in [0.2, 0.25) is 10.0 Å². The Balaban J connectivity index is 1.93. The van der Waals surface area contributed by atoms with Crippen LogP contribution in [-0.2, 0) is 14.8 Å². The molecule has 2 N–H and O–H groups in total. The van der Waals surface area contributed by atoms with E-state index in [-0.39, 0.29) is 22.4 Å². The molecule has 2 heterocycles. The first-order chi connectivity index (χ1) is 12.6. The Kier molecular flexibility index (Phi) is 6.29. The first-order valence-corrected chi connectivity index (χ1v) is 10.7. The molecular weight excluding hydrogens is 354 g/mol. The van der Waals surface area contributed by atoms with Crippen LogP contribution < -0.4 is 5.73 Å². The van der Waals surface area contributed by atoms with Gasteiger partial charge in [-0.3, -0.25) is 4.79 Å². The molecule has 8 heteroatoms. The number of carbonyl (C=O) groups is 1. The second-order valence-corrected chi connectivity index (χ2v) is 8.60. The molecule has 1 unspecified atom stereocenters. The molecule has 2 saturated heterocycles. The number of piperidine rings is 1. The largest absolute Gasteiger partial charge is 0.378 e. The standard InChI is InChI=1S/C18H27N3O4S/c19-9-8-15-5-3-4-10-21(15)26(23,24)17-7-2-1-6-16(17)18(22)20-11-13-25-14-12-20/h1-2,6-7,15H,3-5,8-14,19H2. The summed E-state index contributed by atoms with van der Waals surface area (Å²) in [5, 5.41) is 0. The van der Waals surface area contributed by atoms with Crippen LogP contribution in [0.2, 0.25) is 0 Å². The SMILES string of the molecule is NCCC1CCCCN1S(=O)(=O)c1ccccc1C(=O)N1CCOCC1. The lowest BCUT2D eigenvalue weighted by Gasteiger charge is -2.35. The topological polar surface area (TPSA) is 92.9 Å². The molecule has 1 aromatic carbocycles. The van der Waals surface area contributed by atoms with E-state index in [0.717, 1.165) is 19.3 Å². The number of amides is 1. The average molecular weight is 381 g/mol. The van der Waals surface area contributed by atoms with Gasteiger partial charge >= 0.3 is 0 Å². The van der Waals surface area contributed by atoms with Crippen molar-refractivity contribution in [1.82, 2.24) is 9.21 Å². The first-order valence-electron chi connectivity index (χ1n) is 9.23. The molecule has 0 bridgehead atoms. The Morgan fingerprint density at radius 3 is 2.62 bits per heavy atom. The van der Waals surface area contributed by atoms with Gasteiger partial charge in [-0.05, 0) is 37.9 Å². The lowest BCUT2D eigenvalue weighted by atomic mass is 10.0. The predicted molar refractivity (Wildman–Crippen MR) is 98.4 cm³/mol. The normalized spacial score (nSPS) is 22.3. The van der Waals surface area contributed by atoms with Gasteiger partial charge in [-0.1, -0.05) is 18.6 Å². The highest BCUT2D eigenvalue weighted by molar-refractivity contribution is 7.89. The van der Waals surface area contributed by atoms with E-state index < -0.39 is 10.0 Å². The van der Waals surface area contributed by atoms with E-state index in [1.54, 1.807) is 27.4 Å². The Morgan fingerprint density at radius 1 is 1.15 bits per heavy atom. The molecule has 3 rings (SSSR count). The minimum atomic E-state index is -3.75. The Bertz CT molecular complexity index is 730. The monoisotopic (exact) mass is 381 g/mol. The van der Waals surface area contributed by atoms with E-state index in [2.05, 4.69) is 0 Å². The fourth-order valence-corrected chi connectivity index (χ4v) is 5.61. The summed E-state index contributed by atoms with van der Waals surface area (Å²) >= 11 is 0. The number of sulfonamides is 1. The molecule has 0 radical (unpaired) electrons. The number of nitrogens with zero attached hydrogens (tertiary/aromatic N) is 2. The number of nitrogens with two attached hydrogens (primary N) is 1. The third-order valence-electron chi connectivity index (χ3n) is 5.08. The van der Waals surface area contributed by atoms with Crippen molar-refractivity contribution in [3.8, 4) is 0 Å². The van der Waals surface area contributed by atoms with E-state index in [1.807, 2.05) is 0 Å². The number of morpholine rings is 1. The summed E-state index contributed by atoms with van der Waals surface area (Å²) in [5.74, 6) is -0.250. The molecule has 0 aliphatic carbocycles. The molecule has 0 spiro atoms. The van der Waals surface area contributed by atoms with Crippen LogP contribution in [0, 0.1) is 0 Å². The molecule has 2 aliphatic rings. The van der Waals surface area contributed by atoms with Crippen molar-refractivity contribution in [2.45, 2.75) is 36.6 Å². The summed E-state index contributed by atoms with van der Waals surface area (Å²) in [6.45, 7) is 2.84. The second kappa shape index (κ2) is 8.47. The van der Waals surface area contributed by atoms with Gasteiger partial charge < -0.3 is 15.4 Å². The average Bonchev–Trinajstić information content (AvgIpc) is 2.69. The summed E-state index contributed by atoms with van der Waals surface area (Å²) < 4.78 is 33.6. The van der Waals surface area contributed by atoms with Crippen molar-refractivity contribution in [1.29, 1.82) is 0 Å². The second-order valence-electron chi connectivity index (χ2n) is 6.74. The number of hydrogen-bond donors (Lipinski definition) is 1. The number of hydrogen-bond acceptors (Lipinski definition) is 5. The Morgan fingerprint density at radius 2 is 1.88 bits per heavy atom. The van der Waals surface area contributed by atoms with Crippen LogP contribution in [-0.4, -0.2) is 69.0 Å². The summed E-state index contributed by atoms with van der Waals surface area (Å²) in [4.78, 5) is 14.7. The van der Waals surface area contributed by atoms with Crippen molar-refractivity contribution < 1.29 is 17.9 Å². The zero-order valence-electron chi connectivity index (χ0n) is 15.0. The Labute approximate surface area is 155 Å². The first kappa shape index (κ1) is 19.3. The quantitative estimate of drug-likeness (QED) is 0.823. The molecule has 2 aliphatic heterocycles. The predicted octanol–water partition coefficient (Wildman–Crippen LogP) is 1.05. The number of carbonyl (C=O) groups excluding carboxylic acids is 1. The van der Waals surface area contributed by atoms with Crippen LogP contribution in [0.1, 0.15) is 36.0 Å².